The number of para-hydroxylation sites is 1. The topological polar surface area (TPSA) is 49.6 Å². The molecule has 25 heavy (non-hydrogen) atoms. The van der Waals surface area contributed by atoms with Gasteiger partial charge in [-0.25, -0.2) is 4.98 Å². The predicted molar refractivity (Wildman–Crippen MR) is 104 cm³/mol. The summed E-state index contributed by atoms with van der Waals surface area (Å²) >= 11 is 0. The van der Waals surface area contributed by atoms with E-state index >= 15 is 0 Å². The van der Waals surface area contributed by atoms with Crippen molar-refractivity contribution in [2.75, 3.05) is 31.5 Å². The molecular weight excluding hydrogens is 312 g/mol. The molecule has 0 amide bonds. The van der Waals surface area contributed by atoms with E-state index in [0.29, 0.717) is 0 Å². The fourth-order valence-corrected chi connectivity index (χ4v) is 3.56. The van der Waals surface area contributed by atoms with Gasteiger partial charge in [-0.1, -0.05) is 26.0 Å². The Labute approximate surface area is 146 Å². The minimum atomic E-state index is 0.0690. The van der Waals surface area contributed by atoms with Crippen LogP contribution in [0.25, 0.3) is 27.3 Å². The molecule has 0 aliphatic carbocycles. The van der Waals surface area contributed by atoms with Crippen LogP contribution in [0.2, 0.25) is 0 Å². The molecule has 0 saturated heterocycles. The van der Waals surface area contributed by atoms with Crippen LogP contribution in [0.1, 0.15) is 13.8 Å². The van der Waals surface area contributed by atoms with Crippen molar-refractivity contribution in [3.8, 4) is 0 Å². The Bertz CT molecular complexity index is 1080. The maximum absolute atomic E-state index is 13.1. The van der Waals surface area contributed by atoms with Gasteiger partial charge >= 0.3 is 0 Å². The molecule has 2 aromatic carbocycles. The summed E-state index contributed by atoms with van der Waals surface area (Å²) in [7, 11) is 0. The molecule has 0 unspecified atom stereocenters. The van der Waals surface area contributed by atoms with Crippen molar-refractivity contribution in [3.63, 3.8) is 0 Å². The summed E-state index contributed by atoms with van der Waals surface area (Å²) in [6, 6.07) is 11.7. The number of rotatable bonds is 6. The number of fused-ring (bicyclic) bond motifs is 2. The first kappa shape index (κ1) is 15.8. The van der Waals surface area contributed by atoms with Gasteiger partial charge in [-0.05, 0) is 37.4 Å². The SMILES string of the molecule is CCN(CC)CCNc1ccc2ncn3c4ccccc4c(=O)c1c23. The van der Waals surface area contributed by atoms with E-state index in [2.05, 4.69) is 29.0 Å². The second-order valence-corrected chi connectivity index (χ2v) is 6.27. The summed E-state index contributed by atoms with van der Waals surface area (Å²) < 4.78 is 2.02. The van der Waals surface area contributed by atoms with Crippen LogP contribution in [0.15, 0.2) is 47.5 Å². The fraction of sp³-hybridized carbons (Fsp3) is 0.300. The van der Waals surface area contributed by atoms with E-state index in [0.717, 1.165) is 59.2 Å². The van der Waals surface area contributed by atoms with Crippen molar-refractivity contribution < 1.29 is 0 Å². The molecule has 4 rings (SSSR count). The number of imidazole rings is 1. The molecule has 128 valence electrons. The van der Waals surface area contributed by atoms with Gasteiger partial charge in [-0.2, -0.15) is 0 Å². The molecule has 5 heteroatoms. The first-order chi connectivity index (χ1) is 12.2. The predicted octanol–water partition coefficient (Wildman–Crippen LogP) is 3.19. The van der Waals surface area contributed by atoms with Crippen LogP contribution < -0.4 is 10.7 Å². The lowest BCUT2D eigenvalue weighted by atomic mass is 10.1. The van der Waals surface area contributed by atoms with Crippen molar-refractivity contribution in [3.05, 3.63) is 52.9 Å². The third-order valence-corrected chi connectivity index (χ3v) is 4.98. The van der Waals surface area contributed by atoms with E-state index < -0.39 is 0 Å². The van der Waals surface area contributed by atoms with Crippen LogP contribution in [0.3, 0.4) is 0 Å². The second-order valence-electron chi connectivity index (χ2n) is 6.27. The molecule has 0 atom stereocenters. The Kier molecular flexibility index (Phi) is 4.01. The van der Waals surface area contributed by atoms with Crippen molar-refractivity contribution in [2.24, 2.45) is 0 Å². The summed E-state index contributed by atoms with van der Waals surface area (Å²) in [6.45, 7) is 8.15. The smallest absolute Gasteiger partial charge is 0.199 e. The first-order valence-electron chi connectivity index (χ1n) is 8.85. The molecule has 0 aliphatic heterocycles. The largest absolute Gasteiger partial charge is 0.383 e. The Morgan fingerprint density at radius 1 is 1.12 bits per heavy atom. The van der Waals surface area contributed by atoms with Crippen molar-refractivity contribution in [1.29, 1.82) is 0 Å². The third-order valence-electron chi connectivity index (χ3n) is 4.98. The van der Waals surface area contributed by atoms with Crippen LogP contribution in [0, 0.1) is 0 Å². The molecular formula is C20H22N4O. The van der Waals surface area contributed by atoms with Crippen LogP contribution in [-0.4, -0.2) is 40.5 Å². The summed E-state index contributed by atoms with van der Waals surface area (Å²) in [5.41, 5.74) is 3.62. The average molecular weight is 334 g/mol. The number of anilines is 1. The van der Waals surface area contributed by atoms with E-state index in [9.17, 15) is 4.79 Å². The highest BCUT2D eigenvalue weighted by atomic mass is 16.1. The summed E-state index contributed by atoms with van der Waals surface area (Å²) in [6.07, 6.45) is 1.80. The average Bonchev–Trinajstić information content (AvgIpc) is 3.08. The lowest BCUT2D eigenvalue weighted by molar-refractivity contribution is 0.316. The number of hydrogen-bond acceptors (Lipinski definition) is 4. The molecule has 0 bridgehead atoms. The van der Waals surface area contributed by atoms with Crippen molar-refractivity contribution in [1.82, 2.24) is 14.3 Å². The third kappa shape index (κ3) is 2.51. The molecule has 0 aliphatic rings. The van der Waals surface area contributed by atoms with E-state index in [1.807, 2.05) is 40.8 Å². The zero-order valence-electron chi connectivity index (χ0n) is 14.6. The van der Waals surface area contributed by atoms with Gasteiger partial charge < -0.3 is 10.2 Å². The van der Waals surface area contributed by atoms with E-state index in [4.69, 9.17) is 0 Å². The molecule has 0 saturated carbocycles. The summed E-state index contributed by atoms with van der Waals surface area (Å²) in [5.74, 6) is 0. The van der Waals surface area contributed by atoms with Gasteiger partial charge in [0, 0.05) is 24.2 Å². The highest BCUT2D eigenvalue weighted by molar-refractivity contribution is 6.06. The quantitative estimate of drug-likeness (QED) is 0.550. The Morgan fingerprint density at radius 3 is 2.72 bits per heavy atom. The minimum Gasteiger partial charge on any atom is -0.383 e. The highest BCUT2D eigenvalue weighted by Crippen LogP contribution is 2.28. The Morgan fingerprint density at radius 2 is 1.92 bits per heavy atom. The summed E-state index contributed by atoms with van der Waals surface area (Å²) in [5, 5.41) is 4.92. The first-order valence-corrected chi connectivity index (χ1v) is 8.85. The van der Waals surface area contributed by atoms with Crippen LogP contribution in [-0.2, 0) is 0 Å². The standard InChI is InChI=1S/C20H22N4O/c1-3-23(4-2)12-11-21-15-9-10-16-19-18(15)20(25)14-7-5-6-8-17(14)24(19)13-22-16/h5-10,13,21H,3-4,11-12H2,1-2H3. The fourth-order valence-electron chi connectivity index (χ4n) is 3.56. The monoisotopic (exact) mass is 334 g/mol. The normalized spacial score (nSPS) is 12.0. The van der Waals surface area contributed by atoms with Gasteiger partial charge in [-0.15, -0.1) is 0 Å². The van der Waals surface area contributed by atoms with Gasteiger partial charge in [0.25, 0.3) is 0 Å². The molecule has 4 aromatic rings. The maximum Gasteiger partial charge on any atom is 0.199 e. The Balaban J connectivity index is 1.85. The van der Waals surface area contributed by atoms with E-state index in [1.54, 1.807) is 6.33 Å². The molecule has 0 spiro atoms. The van der Waals surface area contributed by atoms with Gasteiger partial charge in [0.1, 0.15) is 6.33 Å². The van der Waals surface area contributed by atoms with Crippen LogP contribution >= 0.6 is 0 Å². The van der Waals surface area contributed by atoms with E-state index in [-0.39, 0.29) is 5.43 Å². The van der Waals surface area contributed by atoms with Crippen molar-refractivity contribution in [2.45, 2.75) is 13.8 Å². The number of nitrogens with one attached hydrogen (secondary N) is 1. The van der Waals surface area contributed by atoms with Gasteiger partial charge in [0.05, 0.1) is 21.9 Å². The zero-order chi connectivity index (χ0) is 17.4. The molecule has 0 fully saturated rings. The Hall–Kier alpha value is -2.66. The molecule has 5 nitrogen and oxygen atoms in total. The number of nitrogens with zero attached hydrogens (tertiary/aromatic N) is 3. The van der Waals surface area contributed by atoms with Gasteiger partial charge in [0.2, 0.25) is 0 Å². The lowest BCUT2D eigenvalue weighted by Gasteiger charge is -2.19. The number of likely N-dealkylation sites (N-methyl/N-ethyl adjacent to an activating group) is 1. The lowest BCUT2D eigenvalue weighted by Crippen LogP contribution is -2.28. The molecule has 0 radical (unpaired) electrons. The molecule has 2 heterocycles. The molecule has 1 N–H and O–H groups in total. The number of hydrogen-bond donors (Lipinski definition) is 1. The maximum atomic E-state index is 13.1. The number of aromatic nitrogens is 2. The van der Waals surface area contributed by atoms with Crippen LogP contribution in [0.4, 0.5) is 5.69 Å². The molecule has 2 aromatic heterocycles. The summed E-state index contributed by atoms with van der Waals surface area (Å²) in [4.78, 5) is 20.0. The minimum absolute atomic E-state index is 0.0690. The zero-order valence-corrected chi connectivity index (χ0v) is 14.6. The van der Waals surface area contributed by atoms with Crippen molar-refractivity contribution >= 4 is 33.0 Å². The second kappa shape index (κ2) is 6.33. The number of benzene rings is 2. The van der Waals surface area contributed by atoms with Gasteiger partial charge in [0.15, 0.2) is 5.43 Å². The van der Waals surface area contributed by atoms with E-state index in [1.165, 1.54) is 0 Å². The number of pyridine rings is 1. The van der Waals surface area contributed by atoms with Gasteiger partial charge in [-0.3, -0.25) is 9.20 Å². The highest BCUT2D eigenvalue weighted by Gasteiger charge is 2.16. The van der Waals surface area contributed by atoms with Crippen LogP contribution in [0.5, 0.6) is 0 Å².